The van der Waals surface area contributed by atoms with Gasteiger partial charge in [-0.15, -0.1) is 0 Å². The van der Waals surface area contributed by atoms with Crippen molar-refractivity contribution in [2.75, 3.05) is 26.1 Å². The summed E-state index contributed by atoms with van der Waals surface area (Å²) in [6.45, 7) is 4.05. The maximum atomic E-state index is 14.0. The van der Waals surface area contributed by atoms with Crippen molar-refractivity contribution >= 4 is 5.82 Å². The summed E-state index contributed by atoms with van der Waals surface area (Å²) in [5.41, 5.74) is 0.930. The van der Waals surface area contributed by atoms with Gasteiger partial charge in [-0.05, 0) is 26.0 Å². The molecule has 0 atom stereocenters. The monoisotopic (exact) mass is 291 g/mol. The van der Waals surface area contributed by atoms with E-state index in [1.165, 1.54) is 0 Å². The molecule has 0 unspecified atom stereocenters. The zero-order chi connectivity index (χ0) is 15.4. The van der Waals surface area contributed by atoms with Crippen LogP contribution in [0, 0.1) is 12.7 Å². The van der Waals surface area contributed by atoms with Gasteiger partial charge in [-0.1, -0.05) is 6.07 Å². The van der Waals surface area contributed by atoms with Gasteiger partial charge >= 0.3 is 0 Å². The first-order chi connectivity index (χ1) is 10.1. The highest BCUT2D eigenvalue weighted by molar-refractivity contribution is 5.69. The van der Waals surface area contributed by atoms with Crippen LogP contribution in [0.25, 0.3) is 11.4 Å². The Morgan fingerprint density at radius 3 is 2.57 bits per heavy atom. The average molecular weight is 291 g/mol. The zero-order valence-corrected chi connectivity index (χ0v) is 12.5. The molecule has 2 rings (SSSR count). The lowest BCUT2D eigenvalue weighted by molar-refractivity contribution is 0.356. The molecule has 6 heteroatoms. The van der Waals surface area contributed by atoms with Gasteiger partial charge in [-0.3, -0.25) is 0 Å². The van der Waals surface area contributed by atoms with E-state index in [-0.39, 0.29) is 11.5 Å². The fraction of sp³-hybridized carbons (Fsp3) is 0.333. The van der Waals surface area contributed by atoms with Crippen LogP contribution in [0.4, 0.5) is 10.2 Å². The Hall–Kier alpha value is -2.37. The molecule has 5 nitrogen and oxygen atoms in total. The number of hydrogen-bond acceptors (Lipinski definition) is 5. The second-order valence-electron chi connectivity index (χ2n) is 4.37. The van der Waals surface area contributed by atoms with Crippen molar-refractivity contribution in [2.45, 2.75) is 13.8 Å². The van der Waals surface area contributed by atoms with Gasteiger partial charge in [0.05, 0.1) is 25.5 Å². The van der Waals surface area contributed by atoms with Crippen LogP contribution in [-0.2, 0) is 0 Å². The van der Waals surface area contributed by atoms with E-state index in [2.05, 4.69) is 15.3 Å². The van der Waals surface area contributed by atoms with Crippen molar-refractivity contribution in [3.05, 3.63) is 29.7 Å². The number of aromatic nitrogens is 2. The zero-order valence-electron chi connectivity index (χ0n) is 12.5. The highest BCUT2D eigenvalue weighted by Crippen LogP contribution is 2.36. The fourth-order valence-corrected chi connectivity index (χ4v) is 2.03. The fourth-order valence-electron chi connectivity index (χ4n) is 2.03. The van der Waals surface area contributed by atoms with Gasteiger partial charge in [0, 0.05) is 6.54 Å². The van der Waals surface area contributed by atoms with Crippen molar-refractivity contribution in [3.63, 3.8) is 0 Å². The summed E-state index contributed by atoms with van der Waals surface area (Å²) in [5, 5.41) is 2.89. The van der Waals surface area contributed by atoms with E-state index in [1.807, 2.05) is 19.1 Å². The minimum Gasteiger partial charge on any atom is -0.493 e. The standard InChI is InChI=1S/C15H18FN3O2/c1-5-17-15-12(16)9(2)18-14(19-15)10-7-6-8-11(20-3)13(10)21-4/h6-8H,5H2,1-4H3,(H,17,18,19). The molecule has 0 amide bonds. The van der Waals surface area contributed by atoms with Gasteiger partial charge in [0.1, 0.15) is 0 Å². The van der Waals surface area contributed by atoms with Crippen molar-refractivity contribution in [1.29, 1.82) is 0 Å². The van der Waals surface area contributed by atoms with Crippen LogP contribution < -0.4 is 14.8 Å². The third-order valence-corrected chi connectivity index (χ3v) is 3.00. The van der Waals surface area contributed by atoms with E-state index in [0.717, 1.165) is 0 Å². The average Bonchev–Trinajstić information content (AvgIpc) is 2.50. The molecule has 0 aliphatic rings. The number of anilines is 1. The summed E-state index contributed by atoms with van der Waals surface area (Å²) < 4.78 is 24.6. The van der Waals surface area contributed by atoms with E-state index < -0.39 is 5.82 Å². The molecule has 1 N–H and O–H groups in total. The van der Waals surface area contributed by atoms with E-state index in [1.54, 1.807) is 27.2 Å². The molecule has 1 aromatic heterocycles. The number of aryl methyl sites for hydroxylation is 1. The van der Waals surface area contributed by atoms with E-state index in [4.69, 9.17) is 9.47 Å². The normalized spacial score (nSPS) is 10.3. The van der Waals surface area contributed by atoms with Crippen molar-refractivity contribution in [1.82, 2.24) is 9.97 Å². The van der Waals surface area contributed by atoms with Gasteiger partial charge in [-0.2, -0.15) is 0 Å². The molecule has 0 radical (unpaired) electrons. The number of nitrogens with zero attached hydrogens (tertiary/aromatic N) is 2. The minimum atomic E-state index is -0.442. The molecule has 1 heterocycles. The molecule has 0 bridgehead atoms. The van der Waals surface area contributed by atoms with E-state index >= 15 is 0 Å². The topological polar surface area (TPSA) is 56.3 Å². The molecule has 0 aliphatic carbocycles. The molecule has 112 valence electrons. The summed E-state index contributed by atoms with van der Waals surface area (Å²) in [7, 11) is 3.10. The first kappa shape index (κ1) is 15.0. The largest absolute Gasteiger partial charge is 0.493 e. The summed E-state index contributed by atoms with van der Waals surface area (Å²) in [6, 6.07) is 5.40. The molecule has 21 heavy (non-hydrogen) atoms. The summed E-state index contributed by atoms with van der Waals surface area (Å²) in [6.07, 6.45) is 0. The van der Waals surface area contributed by atoms with Gasteiger partial charge in [-0.25, -0.2) is 14.4 Å². The highest BCUT2D eigenvalue weighted by atomic mass is 19.1. The number of hydrogen-bond donors (Lipinski definition) is 1. The molecule has 0 spiro atoms. The SMILES string of the molecule is CCNc1nc(-c2cccc(OC)c2OC)nc(C)c1F. The molecule has 1 aromatic carbocycles. The van der Waals surface area contributed by atoms with Crippen molar-refractivity contribution in [2.24, 2.45) is 0 Å². The quantitative estimate of drug-likeness (QED) is 0.917. The molecule has 2 aromatic rings. The number of nitrogens with one attached hydrogen (secondary N) is 1. The number of benzene rings is 1. The summed E-state index contributed by atoms with van der Waals surface area (Å²) in [4.78, 5) is 8.45. The summed E-state index contributed by atoms with van der Waals surface area (Å²) >= 11 is 0. The lowest BCUT2D eigenvalue weighted by Crippen LogP contribution is -2.07. The van der Waals surface area contributed by atoms with Crippen molar-refractivity contribution < 1.29 is 13.9 Å². The van der Waals surface area contributed by atoms with E-state index in [0.29, 0.717) is 29.4 Å². The number of rotatable bonds is 5. The van der Waals surface area contributed by atoms with Crippen LogP contribution in [-0.4, -0.2) is 30.7 Å². The van der Waals surface area contributed by atoms with Crippen LogP contribution in [0.3, 0.4) is 0 Å². The Morgan fingerprint density at radius 1 is 1.19 bits per heavy atom. The maximum absolute atomic E-state index is 14.0. The Labute approximate surface area is 123 Å². The first-order valence-electron chi connectivity index (χ1n) is 6.61. The number of methoxy groups -OCH3 is 2. The molecule has 0 fully saturated rings. The lowest BCUT2D eigenvalue weighted by Gasteiger charge is -2.13. The smallest absolute Gasteiger partial charge is 0.186 e. The van der Waals surface area contributed by atoms with Gasteiger partial charge in [0.2, 0.25) is 0 Å². The Bertz CT molecular complexity index is 647. The van der Waals surface area contributed by atoms with Crippen molar-refractivity contribution in [3.8, 4) is 22.9 Å². The Morgan fingerprint density at radius 2 is 1.95 bits per heavy atom. The first-order valence-corrected chi connectivity index (χ1v) is 6.61. The maximum Gasteiger partial charge on any atom is 0.186 e. The second-order valence-corrected chi connectivity index (χ2v) is 4.37. The van der Waals surface area contributed by atoms with E-state index in [9.17, 15) is 4.39 Å². The van der Waals surface area contributed by atoms with Gasteiger partial charge in [0.15, 0.2) is 29.0 Å². The lowest BCUT2D eigenvalue weighted by atomic mass is 10.1. The van der Waals surface area contributed by atoms with Gasteiger partial charge < -0.3 is 14.8 Å². The second kappa shape index (κ2) is 6.39. The van der Waals surface area contributed by atoms with Crippen LogP contribution in [0.1, 0.15) is 12.6 Å². The molecule has 0 saturated heterocycles. The molecular weight excluding hydrogens is 273 g/mol. The summed E-state index contributed by atoms with van der Waals surface area (Å²) in [5.74, 6) is 1.23. The predicted octanol–water partition coefficient (Wildman–Crippen LogP) is 3.04. The molecular formula is C15H18FN3O2. The van der Waals surface area contributed by atoms with Crippen LogP contribution in [0.5, 0.6) is 11.5 Å². The number of halogens is 1. The number of ether oxygens (including phenoxy) is 2. The minimum absolute atomic E-state index is 0.185. The third kappa shape index (κ3) is 2.89. The highest BCUT2D eigenvalue weighted by Gasteiger charge is 2.17. The Kier molecular flexibility index (Phi) is 4.57. The molecule has 0 saturated carbocycles. The van der Waals surface area contributed by atoms with Gasteiger partial charge in [0.25, 0.3) is 0 Å². The molecule has 0 aliphatic heterocycles. The third-order valence-electron chi connectivity index (χ3n) is 3.00. The van der Waals surface area contributed by atoms with Crippen LogP contribution in [0.2, 0.25) is 0 Å². The van der Waals surface area contributed by atoms with Crippen LogP contribution in [0.15, 0.2) is 18.2 Å². The number of para-hydroxylation sites is 1. The van der Waals surface area contributed by atoms with Crippen LogP contribution >= 0.6 is 0 Å². The Balaban J connectivity index is 2.62. The predicted molar refractivity (Wildman–Crippen MR) is 79.4 cm³/mol.